The van der Waals surface area contributed by atoms with E-state index in [1.807, 2.05) is 89.8 Å². The number of hydrogen-bond acceptors (Lipinski definition) is 7. The monoisotopic (exact) mass is 794 g/mol. The number of fused-ring (bicyclic) bond motifs is 2. The summed E-state index contributed by atoms with van der Waals surface area (Å²) in [6, 6.07) is 25.2. The molecule has 0 bridgehead atoms. The van der Waals surface area contributed by atoms with Crippen molar-refractivity contribution >= 4 is 45.5 Å². The van der Waals surface area contributed by atoms with E-state index in [4.69, 9.17) is 9.47 Å². The number of nitrogens with one attached hydrogen (secondary N) is 2. The van der Waals surface area contributed by atoms with Crippen molar-refractivity contribution in [2.45, 2.75) is 123 Å². The molecule has 312 valence electrons. The SMILES string of the molecule is CC(C)C[C@@H]1CN(C(=O)[C@@H](Cc2ccc3ccccc3c2)NC(=O)OC(C)(C)C)[C@@H](CCCO)CN1C(=O)C(Cc1ccc2ccccc2c1)NC(=O)OC(C)(C)C. The minimum atomic E-state index is -0.968. The summed E-state index contributed by atoms with van der Waals surface area (Å²) in [5, 5.41) is 19.9. The number of aliphatic hydroxyl groups is 1. The summed E-state index contributed by atoms with van der Waals surface area (Å²) >= 11 is 0. The third kappa shape index (κ3) is 12.4. The van der Waals surface area contributed by atoms with Gasteiger partial charge in [-0.2, -0.15) is 0 Å². The van der Waals surface area contributed by atoms with Crippen molar-refractivity contribution in [1.82, 2.24) is 20.4 Å². The Labute approximate surface area is 343 Å². The van der Waals surface area contributed by atoms with Gasteiger partial charge in [0, 0.05) is 44.6 Å². The summed E-state index contributed by atoms with van der Waals surface area (Å²) in [5.74, 6) is -0.398. The van der Waals surface area contributed by atoms with Crippen molar-refractivity contribution in [3.8, 4) is 0 Å². The van der Waals surface area contributed by atoms with Gasteiger partial charge in [0.1, 0.15) is 23.3 Å². The number of alkyl carbamates (subject to hydrolysis) is 2. The number of carbonyl (C=O) groups is 4. The number of nitrogens with zero attached hydrogens (tertiary/aromatic N) is 2. The van der Waals surface area contributed by atoms with Crippen LogP contribution >= 0.6 is 0 Å². The number of carbonyl (C=O) groups excluding carboxylic acids is 4. The Morgan fingerprint density at radius 2 is 1.07 bits per heavy atom. The molecule has 0 aliphatic carbocycles. The van der Waals surface area contributed by atoms with E-state index in [1.54, 1.807) is 46.4 Å². The van der Waals surface area contributed by atoms with E-state index in [1.165, 1.54) is 0 Å². The van der Waals surface area contributed by atoms with Crippen LogP contribution in [0.3, 0.4) is 0 Å². The molecule has 1 aliphatic rings. The molecule has 11 heteroatoms. The van der Waals surface area contributed by atoms with Crippen LogP contribution in [0.15, 0.2) is 84.9 Å². The molecule has 58 heavy (non-hydrogen) atoms. The first kappa shape index (κ1) is 44.0. The first-order valence-electron chi connectivity index (χ1n) is 20.6. The van der Waals surface area contributed by atoms with Crippen LogP contribution in [0.5, 0.6) is 0 Å². The molecule has 1 unspecified atom stereocenters. The molecular weight excluding hydrogens is 733 g/mol. The lowest BCUT2D eigenvalue weighted by Crippen LogP contribution is -2.66. The number of amides is 4. The van der Waals surface area contributed by atoms with Gasteiger partial charge in [-0.15, -0.1) is 0 Å². The van der Waals surface area contributed by atoms with Gasteiger partial charge in [-0.25, -0.2) is 9.59 Å². The van der Waals surface area contributed by atoms with Gasteiger partial charge in [0.05, 0.1) is 0 Å². The lowest BCUT2D eigenvalue weighted by molar-refractivity contribution is -0.150. The van der Waals surface area contributed by atoms with Crippen LogP contribution in [0, 0.1) is 5.92 Å². The molecule has 4 aromatic carbocycles. The molecule has 1 fully saturated rings. The second-order valence-electron chi connectivity index (χ2n) is 18.0. The first-order valence-corrected chi connectivity index (χ1v) is 20.6. The van der Waals surface area contributed by atoms with Gasteiger partial charge in [0.15, 0.2) is 0 Å². The molecule has 1 heterocycles. The van der Waals surface area contributed by atoms with Crippen molar-refractivity contribution in [2.24, 2.45) is 5.92 Å². The minimum Gasteiger partial charge on any atom is -0.444 e. The average Bonchev–Trinajstić information content (AvgIpc) is 3.14. The summed E-state index contributed by atoms with van der Waals surface area (Å²) in [4.78, 5) is 60.1. The molecule has 4 atom stereocenters. The number of ether oxygens (including phenoxy) is 2. The van der Waals surface area contributed by atoms with Gasteiger partial charge in [0.2, 0.25) is 11.8 Å². The van der Waals surface area contributed by atoms with E-state index in [-0.39, 0.29) is 50.3 Å². The van der Waals surface area contributed by atoms with E-state index >= 15 is 0 Å². The Balaban J connectivity index is 1.48. The molecule has 5 rings (SSSR count). The summed E-state index contributed by atoms with van der Waals surface area (Å²) in [6.07, 6.45) is 0.467. The van der Waals surface area contributed by atoms with Gasteiger partial charge in [-0.05, 0) is 99.4 Å². The molecular formula is C47H62N4O7. The van der Waals surface area contributed by atoms with Gasteiger partial charge >= 0.3 is 12.2 Å². The lowest BCUT2D eigenvalue weighted by Gasteiger charge is -2.48. The third-order valence-corrected chi connectivity index (χ3v) is 10.2. The van der Waals surface area contributed by atoms with Crippen LogP contribution in [-0.2, 0) is 31.9 Å². The highest BCUT2D eigenvalue weighted by atomic mass is 16.6. The smallest absolute Gasteiger partial charge is 0.408 e. The Bertz CT molecular complexity index is 2050. The van der Waals surface area contributed by atoms with Crippen molar-refractivity contribution in [3.05, 3.63) is 96.1 Å². The van der Waals surface area contributed by atoms with E-state index in [0.717, 1.165) is 32.7 Å². The number of piperazine rings is 1. The number of benzene rings is 4. The van der Waals surface area contributed by atoms with E-state index in [2.05, 4.69) is 24.5 Å². The molecule has 0 saturated carbocycles. The summed E-state index contributed by atoms with van der Waals surface area (Å²) < 4.78 is 11.3. The number of rotatable bonds is 13. The summed E-state index contributed by atoms with van der Waals surface area (Å²) in [6.45, 7) is 15.1. The highest BCUT2D eigenvalue weighted by molar-refractivity contribution is 5.90. The molecule has 4 amide bonds. The van der Waals surface area contributed by atoms with E-state index < -0.39 is 47.6 Å². The molecule has 4 aromatic rings. The third-order valence-electron chi connectivity index (χ3n) is 10.2. The van der Waals surface area contributed by atoms with Crippen molar-refractivity contribution in [1.29, 1.82) is 0 Å². The predicted molar refractivity (Wildman–Crippen MR) is 228 cm³/mol. The fourth-order valence-electron chi connectivity index (χ4n) is 7.71. The molecule has 11 nitrogen and oxygen atoms in total. The second-order valence-corrected chi connectivity index (χ2v) is 18.0. The molecule has 1 aliphatic heterocycles. The van der Waals surface area contributed by atoms with Crippen LogP contribution in [0.1, 0.15) is 85.8 Å². The van der Waals surface area contributed by atoms with E-state index in [9.17, 15) is 24.3 Å². The molecule has 0 spiro atoms. The van der Waals surface area contributed by atoms with Crippen molar-refractivity contribution < 1.29 is 33.8 Å². The zero-order valence-corrected chi connectivity index (χ0v) is 35.4. The number of aliphatic hydroxyl groups excluding tert-OH is 1. The maximum Gasteiger partial charge on any atom is 0.408 e. The van der Waals surface area contributed by atoms with Gasteiger partial charge in [0.25, 0.3) is 0 Å². The molecule has 0 radical (unpaired) electrons. The zero-order valence-electron chi connectivity index (χ0n) is 35.4. The van der Waals surface area contributed by atoms with Gasteiger partial charge in [-0.3, -0.25) is 9.59 Å². The lowest BCUT2D eigenvalue weighted by atomic mass is 9.92. The van der Waals surface area contributed by atoms with Crippen LogP contribution in [-0.4, -0.2) is 94.0 Å². The highest BCUT2D eigenvalue weighted by Gasteiger charge is 2.43. The fraction of sp³-hybridized carbons (Fsp3) is 0.489. The van der Waals surface area contributed by atoms with Crippen LogP contribution in [0.2, 0.25) is 0 Å². The highest BCUT2D eigenvalue weighted by Crippen LogP contribution is 2.27. The predicted octanol–water partition coefficient (Wildman–Crippen LogP) is 7.79. The number of hydrogen-bond donors (Lipinski definition) is 3. The average molecular weight is 795 g/mol. The quantitative estimate of drug-likeness (QED) is 0.126. The first-order chi connectivity index (χ1) is 27.4. The largest absolute Gasteiger partial charge is 0.444 e. The van der Waals surface area contributed by atoms with Crippen molar-refractivity contribution in [2.75, 3.05) is 19.7 Å². The van der Waals surface area contributed by atoms with Crippen LogP contribution < -0.4 is 10.6 Å². The van der Waals surface area contributed by atoms with E-state index in [0.29, 0.717) is 19.3 Å². The standard InChI is InChI=1S/C47H62N4O7/c1-31(2)24-39-30-50(42(53)40(48-44(55)57-46(3,4)5)27-32-19-21-34-14-9-11-16-36(34)25-32)38(18-13-23-52)29-51(39)43(54)41(49-45(56)58-47(6,7)8)28-33-20-22-35-15-10-12-17-37(35)26-33/h9-12,14-17,19-22,25-26,31,38-41,52H,13,18,23-24,27-30H2,1-8H3,(H,48,55)(H,49,56)/t38-,39+,40+,41?/m0/s1. The Morgan fingerprint density at radius 1 is 0.655 bits per heavy atom. The van der Waals surface area contributed by atoms with Crippen molar-refractivity contribution in [3.63, 3.8) is 0 Å². The van der Waals surface area contributed by atoms with Crippen LogP contribution in [0.25, 0.3) is 21.5 Å². The van der Waals surface area contributed by atoms with Gasteiger partial charge < -0.3 is 35.0 Å². The Morgan fingerprint density at radius 3 is 1.48 bits per heavy atom. The summed E-state index contributed by atoms with van der Waals surface area (Å²) in [5.41, 5.74) is 0.190. The molecule has 1 saturated heterocycles. The fourth-order valence-corrected chi connectivity index (χ4v) is 7.71. The van der Waals surface area contributed by atoms with Crippen LogP contribution in [0.4, 0.5) is 9.59 Å². The van der Waals surface area contributed by atoms with Gasteiger partial charge in [-0.1, -0.05) is 98.8 Å². The topological polar surface area (TPSA) is 138 Å². The Hall–Kier alpha value is -5.16. The second kappa shape index (κ2) is 19.1. The maximum absolute atomic E-state index is 14.9. The zero-order chi connectivity index (χ0) is 42.2. The maximum atomic E-state index is 14.9. The molecule has 0 aromatic heterocycles. The Kier molecular flexibility index (Phi) is 14.4. The molecule has 3 N–H and O–H groups in total. The summed E-state index contributed by atoms with van der Waals surface area (Å²) in [7, 11) is 0. The minimum absolute atomic E-state index is 0.0939. The normalized spacial score (nSPS) is 17.2.